The Kier molecular flexibility index (Phi) is 181. The van der Waals surface area contributed by atoms with E-state index in [1.165, 1.54) is 77.0 Å². The Balaban J connectivity index is -0.0000000485. The molecule has 0 fully saturated rings. The van der Waals surface area contributed by atoms with Gasteiger partial charge in [-0.3, -0.25) is 0 Å². The Hall–Kier alpha value is -0.280. The Morgan fingerprint density at radius 1 is 0.151 bits per heavy atom. The summed E-state index contributed by atoms with van der Waals surface area (Å²) in [6, 6.07) is 0. The standard InChI is InChI=1S/3C6H14.7C4H10O/c3*1-3-5-6-4-2;7*1-3-5-4-2/h3*3-6H2,1-2H3;7*3-4H2,1-2H3. The molecule has 0 N–H and O–H groups in total. The van der Waals surface area contributed by atoms with Gasteiger partial charge in [-0.05, 0) is 96.9 Å². The van der Waals surface area contributed by atoms with E-state index < -0.39 is 0 Å². The maximum atomic E-state index is 4.83. The van der Waals surface area contributed by atoms with Crippen LogP contribution < -0.4 is 0 Å². The Morgan fingerprint density at radius 3 is 0.245 bits per heavy atom. The van der Waals surface area contributed by atoms with Crippen LogP contribution in [0.1, 0.15) is 216 Å². The van der Waals surface area contributed by atoms with Gasteiger partial charge in [-0.15, -0.1) is 0 Å². The molecular formula is C46H112O7. The maximum Gasteiger partial charge on any atom is 0.0437 e. The van der Waals surface area contributed by atoms with Crippen molar-refractivity contribution in [2.75, 3.05) is 92.5 Å². The molecule has 0 saturated carbocycles. The van der Waals surface area contributed by atoms with Gasteiger partial charge in [0.25, 0.3) is 0 Å². The molecule has 0 heterocycles. The third kappa shape index (κ3) is 248. The molecule has 53 heavy (non-hydrogen) atoms. The second kappa shape index (κ2) is 124. The van der Waals surface area contributed by atoms with Gasteiger partial charge in [0.2, 0.25) is 0 Å². The van der Waals surface area contributed by atoms with Crippen LogP contribution in [-0.2, 0) is 33.2 Å². The van der Waals surface area contributed by atoms with Crippen LogP contribution in [0.3, 0.4) is 0 Å². The lowest BCUT2D eigenvalue weighted by molar-refractivity contribution is 0.162. The van der Waals surface area contributed by atoms with Gasteiger partial charge in [0.1, 0.15) is 0 Å². The van der Waals surface area contributed by atoms with Crippen molar-refractivity contribution in [3.05, 3.63) is 0 Å². The third-order valence-corrected chi connectivity index (χ3v) is 5.73. The molecule has 0 amide bonds. The molecule has 0 radical (unpaired) electrons. The van der Waals surface area contributed by atoms with E-state index in [0.29, 0.717) is 0 Å². The maximum absolute atomic E-state index is 4.83. The monoisotopic (exact) mass is 777 g/mol. The van der Waals surface area contributed by atoms with Crippen LogP contribution >= 0.6 is 0 Å². The fourth-order valence-electron chi connectivity index (χ4n) is 2.93. The highest BCUT2D eigenvalue weighted by molar-refractivity contribution is 4.32. The summed E-state index contributed by atoms with van der Waals surface area (Å²) in [5.74, 6) is 0. The summed E-state index contributed by atoms with van der Waals surface area (Å²) in [5.41, 5.74) is 0. The molecule has 0 atom stereocenters. The SMILES string of the molecule is CCCCCC.CCCCCC.CCCCCC.CCOCC.CCOCC.CCOCC.CCOCC.CCOCC.CCOCC.CCOCC. The summed E-state index contributed by atoms with van der Waals surface area (Å²) >= 11 is 0. The van der Waals surface area contributed by atoms with E-state index >= 15 is 0 Å². The van der Waals surface area contributed by atoms with Crippen molar-refractivity contribution in [1.82, 2.24) is 0 Å². The first-order valence-corrected chi connectivity index (χ1v) is 22.7. The fraction of sp³-hybridized carbons (Fsp3) is 1.00. The van der Waals surface area contributed by atoms with Crippen LogP contribution in [0.5, 0.6) is 0 Å². The molecule has 0 aliphatic carbocycles. The number of rotatable bonds is 23. The Bertz CT molecular complexity index is 259. The highest BCUT2D eigenvalue weighted by Crippen LogP contribution is 1.96. The zero-order chi connectivity index (χ0) is 43.3. The lowest BCUT2D eigenvalue weighted by atomic mass is 10.2. The molecular weight excluding hydrogens is 664 g/mol. The van der Waals surface area contributed by atoms with Crippen LogP contribution in [0.25, 0.3) is 0 Å². The van der Waals surface area contributed by atoms with Crippen LogP contribution in [-0.4, -0.2) is 92.5 Å². The van der Waals surface area contributed by atoms with Gasteiger partial charge < -0.3 is 33.2 Å². The summed E-state index contributed by atoms with van der Waals surface area (Å²) < 4.78 is 33.8. The van der Waals surface area contributed by atoms with E-state index in [9.17, 15) is 0 Å². The van der Waals surface area contributed by atoms with Crippen molar-refractivity contribution < 1.29 is 33.2 Å². The van der Waals surface area contributed by atoms with Gasteiger partial charge in [-0.1, -0.05) is 119 Å². The second-order valence-corrected chi connectivity index (χ2v) is 10.6. The average molecular weight is 777 g/mol. The van der Waals surface area contributed by atoms with Crippen molar-refractivity contribution in [3.63, 3.8) is 0 Å². The van der Waals surface area contributed by atoms with Gasteiger partial charge in [0.15, 0.2) is 0 Å². The zero-order valence-corrected chi connectivity index (χ0v) is 41.2. The quantitative estimate of drug-likeness (QED) is 0.0957. The molecule has 0 saturated heterocycles. The first-order valence-electron chi connectivity index (χ1n) is 22.7. The van der Waals surface area contributed by atoms with Gasteiger partial charge >= 0.3 is 0 Å². The zero-order valence-electron chi connectivity index (χ0n) is 41.2. The van der Waals surface area contributed by atoms with E-state index in [0.717, 1.165) is 92.5 Å². The summed E-state index contributed by atoms with van der Waals surface area (Å²) in [6.45, 7) is 53.1. The highest BCUT2D eigenvalue weighted by Gasteiger charge is 1.77. The van der Waals surface area contributed by atoms with Crippen LogP contribution in [0, 0.1) is 0 Å². The van der Waals surface area contributed by atoms with E-state index in [-0.39, 0.29) is 0 Å². The van der Waals surface area contributed by atoms with Crippen LogP contribution in [0.4, 0.5) is 0 Å². The number of ether oxygens (including phenoxy) is 7. The van der Waals surface area contributed by atoms with Crippen LogP contribution in [0.15, 0.2) is 0 Å². The Labute approximate surface area is 340 Å². The third-order valence-electron chi connectivity index (χ3n) is 5.73. The van der Waals surface area contributed by atoms with Gasteiger partial charge in [0.05, 0.1) is 0 Å². The normalized spacial score (nSPS) is 8.60. The van der Waals surface area contributed by atoms with Gasteiger partial charge in [0, 0.05) is 92.5 Å². The van der Waals surface area contributed by atoms with Gasteiger partial charge in [-0.25, -0.2) is 0 Å². The molecule has 0 aromatic carbocycles. The largest absolute Gasteiger partial charge is 0.382 e. The minimum atomic E-state index is 0.844. The summed E-state index contributed by atoms with van der Waals surface area (Å²) in [4.78, 5) is 0. The first-order chi connectivity index (χ1) is 25.6. The summed E-state index contributed by atoms with van der Waals surface area (Å²) in [7, 11) is 0. The van der Waals surface area contributed by atoms with E-state index in [1.54, 1.807) is 0 Å². The van der Waals surface area contributed by atoms with Gasteiger partial charge in [-0.2, -0.15) is 0 Å². The lowest BCUT2D eigenvalue weighted by Crippen LogP contribution is -1.84. The predicted molar refractivity (Wildman–Crippen MR) is 245 cm³/mol. The van der Waals surface area contributed by atoms with Crippen molar-refractivity contribution in [3.8, 4) is 0 Å². The van der Waals surface area contributed by atoms with E-state index in [4.69, 9.17) is 33.2 Å². The van der Waals surface area contributed by atoms with E-state index in [2.05, 4.69) is 41.5 Å². The predicted octanol–water partition coefficient (Wildman–Crippen LogP) is 15.1. The molecule has 0 aromatic rings. The first kappa shape index (κ1) is 77.3. The molecule has 0 unspecified atom stereocenters. The lowest BCUT2D eigenvalue weighted by Gasteiger charge is -1.86. The van der Waals surface area contributed by atoms with Crippen molar-refractivity contribution in [2.45, 2.75) is 216 Å². The topological polar surface area (TPSA) is 64.6 Å². The smallest absolute Gasteiger partial charge is 0.0437 e. The molecule has 0 rings (SSSR count). The minimum absolute atomic E-state index is 0.844. The Morgan fingerprint density at radius 2 is 0.226 bits per heavy atom. The average Bonchev–Trinajstić information content (AvgIpc) is 3.17. The molecule has 0 aliphatic heterocycles. The minimum Gasteiger partial charge on any atom is -0.382 e. The highest BCUT2D eigenvalue weighted by atomic mass is 16.5. The number of hydrogen-bond donors (Lipinski definition) is 0. The fourth-order valence-corrected chi connectivity index (χ4v) is 2.93. The van der Waals surface area contributed by atoms with E-state index in [1.807, 2.05) is 96.9 Å². The molecule has 0 bridgehead atoms. The van der Waals surface area contributed by atoms with Crippen LogP contribution in [0.2, 0.25) is 0 Å². The molecule has 0 aromatic heterocycles. The second-order valence-electron chi connectivity index (χ2n) is 10.6. The summed E-state index contributed by atoms with van der Waals surface area (Å²) in [6.07, 6.45) is 16.6. The molecule has 7 heteroatoms. The molecule has 338 valence electrons. The van der Waals surface area contributed by atoms with Crippen molar-refractivity contribution in [1.29, 1.82) is 0 Å². The molecule has 0 aliphatic rings. The molecule has 0 spiro atoms. The van der Waals surface area contributed by atoms with Crippen molar-refractivity contribution in [2.24, 2.45) is 0 Å². The number of unbranched alkanes of at least 4 members (excludes halogenated alkanes) is 9. The molecule has 7 nitrogen and oxygen atoms in total. The summed E-state index contributed by atoms with van der Waals surface area (Å²) in [5, 5.41) is 0. The van der Waals surface area contributed by atoms with Crippen molar-refractivity contribution >= 4 is 0 Å². The number of hydrogen-bond acceptors (Lipinski definition) is 7.